The molecule has 26 heavy (non-hydrogen) atoms. The van der Waals surface area contributed by atoms with E-state index in [1.54, 1.807) is 6.21 Å². The fraction of sp³-hybridized carbons (Fsp3) is 0.500. The highest BCUT2D eigenvalue weighted by Gasteiger charge is 2.15. The van der Waals surface area contributed by atoms with Gasteiger partial charge < -0.3 is 0 Å². The van der Waals surface area contributed by atoms with Gasteiger partial charge in [0.2, 0.25) is 5.91 Å². The molecule has 0 bridgehead atoms. The standard InChI is InChI=1S/C18H26N4O3S/c23-17(20-25)7-4-8-18(24)22(26)21-19-13-14-9-11-16(12-10-14)15-5-2-1-3-6-15/h9-13,15,21,25-26H,1-8H2,(H,20,23)/b19-13+. The second kappa shape index (κ2) is 10.8. The van der Waals surface area contributed by atoms with Gasteiger partial charge in [-0.2, -0.15) is 9.52 Å². The number of amides is 2. The normalized spacial score (nSPS) is 15.0. The van der Waals surface area contributed by atoms with E-state index in [4.69, 9.17) is 5.21 Å². The maximum absolute atomic E-state index is 11.8. The number of hydroxylamine groups is 1. The van der Waals surface area contributed by atoms with Gasteiger partial charge in [-0.15, -0.1) is 0 Å². The Bertz CT molecular complexity index is 615. The van der Waals surface area contributed by atoms with Crippen molar-refractivity contribution >= 4 is 30.8 Å². The van der Waals surface area contributed by atoms with Crippen molar-refractivity contribution in [1.82, 2.24) is 15.4 Å². The van der Waals surface area contributed by atoms with E-state index in [2.05, 4.69) is 35.6 Å². The average molecular weight is 378 g/mol. The molecule has 0 radical (unpaired) electrons. The molecule has 7 nitrogen and oxygen atoms in total. The van der Waals surface area contributed by atoms with Crippen LogP contribution in [0.2, 0.25) is 0 Å². The van der Waals surface area contributed by atoms with Crippen molar-refractivity contribution < 1.29 is 14.8 Å². The first-order chi connectivity index (χ1) is 12.6. The van der Waals surface area contributed by atoms with Crippen molar-refractivity contribution in [3.8, 4) is 0 Å². The number of hydrazone groups is 1. The van der Waals surface area contributed by atoms with Crippen LogP contribution in [-0.2, 0) is 9.59 Å². The molecule has 1 aromatic carbocycles. The number of thiol groups is 1. The number of carbonyl (C=O) groups is 2. The number of hydrogen-bond acceptors (Lipinski definition) is 6. The van der Waals surface area contributed by atoms with E-state index in [0.717, 1.165) is 9.98 Å². The van der Waals surface area contributed by atoms with Crippen molar-refractivity contribution in [3.05, 3.63) is 35.4 Å². The van der Waals surface area contributed by atoms with E-state index >= 15 is 0 Å². The molecule has 0 atom stereocenters. The topological polar surface area (TPSA) is 94.0 Å². The molecule has 0 aliphatic heterocycles. The highest BCUT2D eigenvalue weighted by Crippen LogP contribution is 2.32. The molecule has 2 rings (SSSR count). The summed E-state index contributed by atoms with van der Waals surface area (Å²) < 4.78 is 0.976. The van der Waals surface area contributed by atoms with E-state index < -0.39 is 5.91 Å². The quantitative estimate of drug-likeness (QED) is 0.242. The molecular formula is C18H26N4O3S. The van der Waals surface area contributed by atoms with Gasteiger partial charge >= 0.3 is 0 Å². The number of nitrogens with zero attached hydrogens (tertiary/aromatic N) is 2. The van der Waals surface area contributed by atoms with Crippen LogP contribution in [0.5, 0.6) is 0 Å². The Morgan fingerprint density at radius 2 is 1.88 bits per heavy atom. The van der Waals surface area contributed by atoms with Gasteiger partial charge in [0, 0.05) is 12.8 Å². The third-order valence-corrected chi connectivity index (χ3v) is 4.85. The number of nitrogens with one attached hydrogen (secondary N) is 2. The van der Waals surface area contributed by atoms with Crippen LogP contribution in [0.3, 0.4) is 0 Å². The fourth-order valence-corrected chi connectivity index (χ4v) is 3.22. The highest BCUT2D eigenvalue weighted by molar-refractivity contribution is 7.78. The van der Waals surface area contributed by atoms with Gasteiger partial charge in [-0.3, -0.25) is 14.8 Å². The zero-order valence-corrected chi connectivity index (χ0v) is 15.6. The SMILES string of the molecule is O=C(CCCC(=O)N(S)N/N=C/c1ccc(C2CCCCC2)cc1)NO. The van der Waals surface area contributed by atoms with Gasteiger partial charge in [-0.05, 0) is 49.1 Å². The molecule has 0 saturated heterocycles. The molecule has 1 fully saturated rings. The van der Waals surface area contributed by atoms with Gasteiger partial charge in [-0.25, -0.2) is 11.0 Å². The van der Waals surface area contributed by atoms with Crippen LogP contribution < -0.4 is 11.0 Å². The van der Waals surface area contributed by atoms with Gasteiger partial charge in [0.05, 0.1) is 6.21 Å². The Morgan fingerprint density at radius 1 is 1.19 bits per heavy atom. The monoisotopic (exact) mass is 378 g/mol. The number of hydrogen-bond donors (Lipinski definition) is 4. The summed E-state index contributed by atoms with van der Waals surface area (Å²) in [6.07, 6.45) is 8.65. The summed E-state index contributed by atoms with van der Waals surface area (Å²) >= 11 is 4.01. The summed E-state index contributed by atoms with van der Waals surface area (Å²) in [6.45, 7) is 0. The van der Waals surface area contributed by atoms with Crippen molar-refractivity contribution in [2.45, 2.75) is 57.3 Å². The second-order valence-electron chi connectivity index (χ2n) is 6.45. The van der Waals surface area contributed by atoms with Crippen LogP contribution >= 0.6 is 12.8 Å². The predicted octanol–water partition coefficient (Wildman–Crippen LogP) is 2.92. The molecule has 0 heterocycles. The molecule has 2 amide bonds. The summed E-state index contributed by atoms with van der Waals surface area (Å²) in [7, 11) is 0. The lowest BCUT2D eigenvalue weighted by Crippen LogP contribution is -2.31. The lowest BCUT2D eigenvalue weighted by molar-refractivity contribution is -0.130. The van der Waals surface area contributed by atoms with E-state index in [0.29, 0.717) is 12.3 Å². The van der Waals surface area contributed by atoms with E-state index in [9.17, 15) is 9.59 Å². The molecule has 0 aromatic heterocycles. The second-order valence-corrected chi connectivity index (χ2v) is 6.85. The van der Waals surface area contributed by atoms with Crippen LogP contribution in [0.15, 0.2) is 29.4 Å². The number of benzene rings is 1. The molecule has 3 N–H and O–H groups in total. The molecule has 0 spiro atoms. The average Bonchev–Trinajstić information content (AvgIpc) is 2.68. The maximum atomic E-state index is 11.8. The van der Waals surface area contributed by atoms with Crippen LogP contribution in [-0.4, -0.2) is 27.7 Å². The summed E-state index contributed by atoms with van der Waals surface area (Å²) in [5, 5.41) is 12.4. The van der Waals surface area contributed by atoms with E-state index in [1.807, 2.05) is 12.1 Å². The zero-order chi connectivity index (χ0) is 18.8. The molecule has 0 unspecified atom stereocenters. The third-order valence-electron chi connectivity index (χ3n) is 4.53. The first kappa shape index (κ1) is 20.3. The van der Waals surface area contributed by atoms with Gasteiger partial charge in [0.15, 0.2) is 0 Å². The van der Waals surface area contributed by atoms with E-state index in [-0.39, 0.29) is 18.7 Å². The highest BCUT2D eigenvalue weighted by atomic mass is 32.1. The van der Waals surface area contributed by atoms with Crippen molar-refractivity contribution in [1.29, 1.82) is 0 Å². The Labute approximate surface area is 159 Å². The van der Waals surface area contributed by atoms with Gasteiger partial charge in [0.25, 0.3) is 5.91 Å². The minimum Gasteiger partial charge on any atom is -0.289 e. The Kier molecular flexibility index (Phi) is 8.43. The fourth-order valence-electron chi connectivity index (χ4n) is 3.07. The molecule has 142 valence electrons. The first-order valence-electron chi connectivity index (χ1n) is 8.93. The molecule has 1 aromatic rings. The summed E-state index contributed by atoms with van der Waals surface area (Å²) in [6, 6.07) is 8.33. The zero-order valence-electron chi connectivity index (χ0n) is 14.7. The summed E-state index contributed by atoms with van der Waals surface area (Å²) in [5.41, 5.74) is 6.37. The number of hydrazine groups is 1. The molecule has 8 heteroatoms. The van der Waals surface area contributed by atoms with Crippen LogP contribution in [0, 0.1) is 0 Å². The van der Waals surface area contributed by atoms with Gasteiger partial charge in [0.1, 0.15) is 0 Å². The number of rotatable bonds is 8. The lowest BCUT2D eigenvalue weighted by atomic mass is 9.84. The maximum Gasteiger partial charge on any atom is 0.252 e. The minimum absolute atomic E-state index is 0.0699. The van der Waals surface area contributed by atoms with Crippen LogP contribution in [0.4, 0.5) is 0 Å². The Balaban J connectivity index is 1.74. The van der Waals surface area contributed by atoms with Gasteiger partial charge in [-0.1, -0.05) is 43.5 Å². The first-order valence-corrected chi connectivity index (χ1v) is 9.33. The summed E-state index contributed by atoms with van der Waals surface area (Å²) in [5.74, 6) is -0.165. The predicted molar refractivity (Wildman–Crippen MR) is 103 cm³/mol. The van der Waals surface area contributed by atoms with Crippen molar-refractivity contribution in [2.24, 2.45) is 5.10 Å². The largest absolute Gasteiger partial charge is 0.289 e. The minimum atomic E-state index is -0.522. The van der Waals surface area contributed by atoms with Crippen LogP contribution in [0.1, 0.15) is 68.4 Å². The van der Waals surface area contributed by atoms with Crippen LogP contribution in [0.25, 0.3) is 0 Å². The summed E-state index contributed by atoms with van der Waals surface area (Å²) in [4.78, 5) is 22.7. The van der Waals surface area contributed by atoms with Crippen molar-refractivity contribution in [3.63, 3.8) is 0 Å². The van der Waals surface area contributed by atoms with E-state index in [1.165, 1.54) is 43.1 Å². The molecule has 1 saturated carbocycles. The van der Waals surface area contributed by atoms with Crippen molar-refractivity contribution in [2.75, 3.05) is 0 Å². The Hall–Kier alpha value is -2.06. The Morgan fingerprint density at radius 3 is 2.54 bits per heavy atom. The smallest absolute Gasteiger partial charge is 0.252 e. The lowest BCUT2D eigenvalue weighted by Gasteiger charge is -2.21. The number of carbonyl (C=O) groups excluding carboxylic acids is 2. The molecule has 1 aliphatic carbocycles. The molecule has 1 aliphatic rings. The molecular weight excluding hydrogens is 352 g/mol. The third kappa shape index (κ3) is 6.68.